The Morgan fingerprint density at radius 3 is 2.29 bits per heavy atom. The number of hydrogen-bond donors (Lipinski definition) is 2. The number of halogens is 1. The zero-order valence-electron chi connectivity index (χ0n) is 9.65. The van der Waals surface area contributed by atoms with Gasteiger partial charge < -0.3 is 11.5 Å². The van der Waals surface area contributed by atoms with Crippen LogP contribution in [0.1, 0.15) is 22.7 Å². The summed E-state index contributed by atoms with van der Waals surface area (Å²) in [7, 11) is 0. The van der Waals surface area contributed by atoms with Gasteiger partial charge in [0.25, 0.3) is 0 Å². The number of hydrogen-bond acceptors (Lipinski definition) is 2. The predicted octanol–water partition coefficient (Wildman–Crippen LogP) is 2.76. The Labute approximate surface area is 100 Å². The van der Waals surface area contributed by atoms with E-state index in [2.05, 4.69) is 0 Å². The number of anilines is 1. The molecule has 2 aromatic carbocycles. The predicted molar refractivity (Wildman–Crippen MR) is 68.0 cm³/mol. The third-order valence-corrected chi connectivity index (χ3v) is 2.81. The molecule has 88 valence electrons. The highest BCUT2D eigenvalue weighted by atomic mass is 19.1. The quantitative estimate of drug-likeness (QED) is 0.779. The summed E-state index contributed by atoms with van der Waals surface area (Å²) < 4.78 is 12.8. The first kappa shape index (κ1) is 11.6. The molecule has 0 saturated heterocycles. The third kappa shape index (κ3) is 2.45. The summed E-state index contributed by atoms with van der Waals surface area (Å²) >= 11 is 0. The lowest BCUT2D eigenvalue weighted by Gasteiger charge is -2.15. The molecule has 0 bridgehead atoms. The molecule has 0 radical (unpaired) electrons. The van der Waals surface area contributed by atoms with E-state index >= 15 is 0 Å². The van der Waals surface area contributed by atoms with Crippen molar-refractivity contribution in [1.82, 2.24) is 0 Å². The second-order valence-electron chi connectivity index (χ2n) is 4.16. The molecule has 2 rings (SSSR count). The van der Waals surface area contributed by atoms with E-state index in [0.717, 1.165) is 16.7 Å². The first-order valence-electron chi connectivity index (χ1n) is 5.45. The summed E-state index contributed by atoms with van der Waals surface area (Å²) in [6, 6.07) is 11.6. The molecule has 3 heteroatoms. The molecular formula is C14H15FN2. The van der Waals surface area contributed by atoms with Crippen molar-refractivity contribution in [2.75, 3.05) is 5.73 Å². The molecule has 2 nitrogen and oxygen atoms in total. The topological polar surface area (TPSA) is 52.0 Å². The SMILES string of the molecule is Cc1ccc(C(N)c2ccc(F)cc2)c(N)c1. The molecule has 0 amide bonds. The molecule has 1 atom stereocenters. The van der Waals surface area contributed by atoms with Crippen molar-refractivity contribution in [2.45, 2.75) is 13.0 Å². The van der Waals surface area contributed by atoms with Crippen molar-refractivity contribution >= 4 is 5.69 Å². The summed E-state index contributed by atoms with van der Waals surface area (Å²) in [5.41, 5.74) is 15.5. The largest absolute Gasteiger partial charge is 0.398 e. The van der Waals surface area contributed by atoms with Crippen LogP contribution in [0.5, 0.6) is 0 Å². The van der Waals surface area contributed by atoms with E-state index in [4.69, 9.17) is 11.5 Å². The average molecular weight is 230 g/mol. The Morgan fingerprint density at radius 1 is 1.06 bits per heavy atom. The molecule has 0 saturated carbocycles. The summed E-state index contributed by atoms with van der Waals surface area (Å²) in [5, 5.41) is 0. The van der Waals surface area contributed by atoms with Gasteiger partial charge >= 0.3 is 0 Å². The van der Waals surface area contributed by atoms with Crippen molar-refractivity contribution in [2.24, 2.45) is 5.73 Å². The molecule has 4 N–H and O–H groups in total. The van der Waals surface area contributed by atoms with Gasteiger partial charge in [-0.25, -0.2) is 4.39 Å². The van der Waals surface area contributed by atoms with Gasteiger partial charge in [0.1, 0.15) is 5.82 Å². The Hall–Kier alpha value is -1.87. The highest BCUT2D eigenvalue weighted by Gasteiger charge is 2.11. The van der Waals surface area contributed by atoms with Crippen LogP contribution in [0, 0.1) is 12.7 Å². The molecule has 1 unspecified atom stereocenters. The van der Waals surface area contributed by atoms with E-state index in [1.54, 1.807) is 12.1 Å². The lowest BCUT2D eigenvalue weighted by molar-refractivity contribution is 0.626. The monoisotopic (exact) mass is 230 g/mol. The highest BCUT2D eigenvalue weighted by molar-refractivity contribution is 5.53. The summed E-state index contributed by atoms with van der Waals surface area (Å²) in [5.74, 6) is -0.266. The number of nitrogens with two attached hydrogens (primary N) is 2. The van der Waals surface area contributed by atoms with E-state index in [-0.39, 0.29) is 11.9 Å². The molecule has 0 heterocycles. The minimum absolute atomic E-state index is 0.266. The molecule has 0 aliphatic carbocycles. The summed E-state index contributed by atoms with van der Waals surface area (Å²) in [4.78, 5) is 0. The Bertz CT molecular complexity index is 520. The zero-order chi connectivity index (χ0) is 12.4. The van der Waals surface area contributed by atoms with Crippen LogP contribution in [0.25, 0.3) is 0 Å². The Balaban J connectivity index is 2.36. The Kier molecular flexibility index (Phi) is 3.11. The highest BCUT2D eigenvalue weighted by Crippen LogP contribution is 2.25. The first-order valence-corrected chi connectivity index (χ1v) is 5.45. The van der Waals surface area contributed by atoms with E-state index in [0.29, 0.717) is 5.69 Å². The smallest absolute Gasteiger partial charge is 0.123 e. The Morgan fingerprint density at radius 2 is 1.71 bits per heavy atom. The molecule has 0 spiro atoms. The van der Waals surface area contributed by atoms with Gasteiger partial charge in [-0.3, -0.25) is 0 Å². The fourth-order valence-electron chi connectivity index (χ4n) is 1.83. The van der Waals surface area contributed by atoms with Crippen LogP contribution in [0.15, 0.2) is 42.5 Å². The fraction of sp³-hybridized carbons (Fsp3) is 0.143. The summed E-state index contributed by atoms with van der Waals surface area (Å²) in [6.45, 7) is 1.98. The van der Waals surface area contributed by atoms with Crippen LogP contribution in [-0.2, 0) is 0 Å². The number of aryl methyl sites for hydroxylation is 1. The number of nitrogen functional groups attached to an aromatic ring is 1. The van der Waals surface area contributed by atoms with Crippen LogP contribution in [-0.4, -0.2) is 0 Å². The standard InChI is InChI=1S/C14H15FN2/c1-9-2-7-12(13(16)8-9)14(17)10-3-5-11(15)6-4-10/h2-8,14H,16-17H2,1H3. The minimum atomic E-state index is -0.323. The van der Waals surface area contributed by atoms with E-state index < -0.39 is 0 Å². The van der Waals surface area contributed by atoms with Gasteiger partial charge in [-0.05, 0) is 41.8 Å². The second-order valence-corrected chi connectivity index (χ2v) is 4.16. The molecule has 0 fully saturated rings. The van der Waals surface area contributed by atoms with Crippen molar-refractivity contribution in [3.8, 4) is 0 Å². The van der Waals surface area contributed by atoms with Gasteiger partial charge in [-0.1, -0.05) is 24.3 Å². The van der Waals surface area contributed by atoms with E-state index in [1.807, 2.05) is 25.1 Å². The van der Waals surface area contributed by atoms with Crippen molar-refractivity contribution in [3.05, 3.63) is 65.0 Å². The maximum Gasteiger partial charge on any atom is 0.123 e. The van der Waals surface area contributed by atoms with Crippen LogP contribution >= 0.6 is 0 Å². The van der Waals surface area contributed by atoms with Crippen LogP contribution in [0.2, 0.25) is 0 Å². The van der Waals surface area contributed by atoms with Gasteiger partial charge in [0.15, 0.2) is 0 Å². The molecule has 0 aromatic heterocycles. The lowest BCUT2D eigenvalue weighted by Crippen LogP contribution is -2.14. The zero-order valence-corrected chi connectivity index (χ0v) is 9.65. The first-order chi connectivity index (χ1) is 8.08. The summed E-state index contributed by atoms with van der Waals surface area (Å²) in [6.07, 6.45) is 0. The van der Waals surface area contributed by atoms with Gasteiger partial charge in [0, 0.05) is 5.69 Å². The lowest BCUT2D eigenvalue weighted by atomic mass is 9.97. The van der Waals surface area contributed by atoms with Crippen molar-refractivity contribution in [1.29, 1.82) is 0 Å². The van der Waals surface area contributed by atoms with Gasteiger partial charge in [0.2, 0.25) is 0 Å². The second kappa shape index (κ2) is 4.55. The average Bonchev–Trinajstić information content (AvgIpc) is 2.29. The maximum absolute atomic E-state index is 12.8. The molecule has 17 heavy (non-hydrogen) atoms. The molecule has 2 aromatic rings. The van der Waals surface area contributed by atoms with Crippen LogP contribution < -0.4 is 11.5 Å². The number of benzene rings is 2. The number of rotatable bonds is 2. The van der Waals surface area contributed by atoms with Gasteiger partial charge in [0.05, 0.1) is 6.04 Å². The molecular weight excluding hydrogens is 215 g/mol. The van der Waals surface area contributed by atoms with Crippen molar-refractivity contribution in [3.63, 3.8) is 0 Å². The van der Waals surface area contributed by atoms with Crippen molar-refractivity contribution < 1.29 is 4.39 Å². The van der Waals surface area contributed by atoms with E-state index in [9.17, 15) is 4.39 Å². The van der Waals surface area contributed by atoms with E-state index in [1.165, 1.54) is 12.1 Å². The maximum atomic E-state index is 12.8. The van der Waals surface area contributed by atoms with Crippen LogP contribution in [0.3, 0.4) is 0 Å². The normalized spacial score (nSPS) is 12.4. The van der Waals surface area contributed by atoms with Gasteiger partial charge in [-0.2, -0.15) is 0 Å². The minimum Gasteiger partial charge on any atom is -0.398 e. The van der Waals surface area contributed by atoms with Crippen LogP contribution in [0.4, 0.5) is 10.1 Å². The molecule has 0 aliphatic heterocycles. The third-order valence-electron chi connectivity index (χ3n) is 2.81. The molecule has 0 aliphatic rings. The van der Waals surface area contributed by atoms with Gasteiger partial charge in [-0.15, -0.1) is 0 Å². The fourth-order valence-corrected chi connectivity index (χ4v) is 1.83.